The molecule has 3 aliphatic rings. The van der Waals surface area contributed by atoms with Crippen molar-refractivity contribution in [1.29, 1.82) is 0 Å². The number of hydrogen-bond donors (Lipinski definition) is 1. The molecule has 2 saturated carbocycles. The van der Waals surface area contributed by atoms with Crippen molar-refractivity contribution in [1.82, 2.24) is 5.32 Å². The SMILES string of the molecule is CC1(C)CCCCC1NC1C2CCOC2C1(C)C. The maximum Gasteiger partial charge on any atom is 0.0685 e. The molecule has 3 rings (SSSR count). The Morgan fingerprint density at radius 3 is 2.56 bits per heavy atom. The van der Waals surface area contributed by atoms with Crippen LogP contribution in [0, 0.1) is 16.7 Å². The minimum absolute atomic E-state index is 0.328. The number of rotatable bonds is 2. The molecular formula is C16H29NO. The summed E-state index contributed by atoms with van der Waals surface area (Å²) in [4.78, 5) is 0. The fourth-order valence-electron chi connectivity index (χ4n) is 4.68. The van der Waals surface area contributed by atoms with Gasteiger partial charge in [0.25, 0.3) is 0 Å². The highest BCUT2D eigenvalue weighted by molar-refractivity contribution is 5.12. The van der Waals surface area contributed by atoms with E-state index in [9.17, 15) is 0 Å². The van der Waals surface area contributed by atoms with Gasteiger partial charge in [0.2, 0.25) is 0 Å². The summed E-state index contributed by atoms with van der Waals surface area (Å²) in [6.45, 7) is 10.6. The van der Waals surface area contributed by atoms with Crippen molar-refractivity contribution >= 4 is 0 Å². The quantitative estimate of drug-likeness (QED) is 0.812. The van der Waals surface area contributed by atoms with Crippen LogP contribution in [-0.4, -0.2) is 24.8 Å². The molecule has 2 aliphatic carbocycles. The third kappa shape index (κ3) is 1.84. The summed E-state index contributed by atoms with van der Waals surface area (Å²) in [6, 6.07) is 1.38. The standard InChI is InChI=1S/C16H29NO/c1-15(2)9-6-5-7-12(15)17-13-11-8-10-18-14(11)16(13,3)4/h11-14,17H,5-10H2,1-4H3. The molecule has 0 bridgehead atoms. The molecule has 0 aromatic carbocycles. The van der Waals surface area contributed by atoms with E-state index < -0.39 is 0 Å². The van der Waals surface area contributed by atoms with E-state index in [2.05, 4.69) is 33.0 Å². The zero-order valence-electron chi connectivity index (χ0n) is 12.5. The Kier molecular flexibility index (Phi) is 3.02. The van der Waals surface area contributed by atoms with E-state index in [1.54, 1.807) is 0 Å². The molecular weight excluding hydrogens is 222 g/mol. The Bertz CT molecular complexity index is 323. The Morgan fingerprint density at radius 1 is 1.06 bits per heavy atom. The first-order valence-electron chi connectivity index (χ1n) is 7.80. The lowest BCUT2D eigenvalue weighted by atomic mass is 9.56. The van der Waals surface area contributed by atoms with Gasteiger partial charge >= 0.3 is 0 Å². The molecule has 2 nitrogen and oxygen atoms in total. The Balaban J connectivity index is 1.69. The zero-order valence-corrected chi connectivity index (χ0v) is 12.5. The highest BCUT2D eigenvalue weighted by Gasteiger charge is 2.59. The molecule has 1 N–H and O–H groups in total. The van der Waals surface area contributed by atoms with Crippen LogP contribution in [0.25, 0.3) is 0 Å². The van der Waals surface area contributed by atoms with Crippen LogP contribution in [0.2, 0.25) is 0 Å². The number of fused-ring (bicyclic) bond motifs is 1. The topological polar surface area (TPSA) is 21.3 Å². The molecule has 104 valence electrons. The lowest BCUT2D eigenvalue weighted by Gasteiger charge is -2.57. The second-order valence-electron chi connectivity index (χ2n) is 8.00. The molecule has 0 aromatic heterocycles. The van der Waals surface area contributed by atoms with Gasteiger partial charge in [-0.05, 0) is 24.7 Å². The zero-order chi connectivity index (χ0) is 13.0. The van der Waals surface area contributed by atoms with E-state index in [1.165, 1.54) is 32.1 Å². The van der Waals surface area contributed by atoms with Gasteiger partial charge in [-0.2, -0.15) is 0 Å². The summed E-state index contributed by atoms with van der Waals surface area (Å²) in [7, 11) is 0. The molecule has 1 heterocycles. The fraction of sp³-hybridized carbons (Fsp3) is 1.00. The minimum atomic E-state index is 0.328. The van der Waals surface area contributed by atoms with Crippen molar-refractivity contribution in [2.24, 2.45) is 16.7 Å². The van der Waals surface area contributed by atoms with Crippen LogP contribution in [0.4, 0.5) is 0 Å². The maximum atomic E-state index is 5.90. The predicted octanol–water partition coefficient (Wildman–Crippen LogP) is 3.36. The predicted molar refractivity (Wildman–Crippen MR) is 74.6 cm³/mol. The van der Waals surface area contributed by atoms with E-state index in [-0.39, 0.29) is 0 Å². The lowest BCUT2D eigenvalue weighted by molar-refractivity contribution is -0.120. The van der Waals surface area contributed by atoms with Gasteiger partial charge in [-0.1, -0.05) is 40.5 Å². The number of nitrogens with one attached hydrogen (secondary N) is 1. The summed E-state index contributed by atoms with van der Waals surface area (Å²) in [5.41, 5.74) is 0.799. The molecule has 0 aromatic rings. The monoisotopic (exact) mass is 251 g/mol. The average Bonchev–Trinajstić information content (AvgIpc) is 2.73. The molecule has 0 spiro atoms. The van der Waals surface area contributed by atoms with E-state index in [0.29, 0.717) is 29.0 Å². The molecule has 18 heavy (non-hydrogen) atoms. The summed E-state index contributed by atoms with van der Waals surface area (Å²) >= 11 is 0. The summed E-state index contributed by atoms with van der Waals surface area (Å²) < 4.78 is 5.90. The first kappa shape index (κ1) is 12.9. The third-order valence-electron chi connectivity index (χ3n) is 5.99. The number of hydrogen-bond acceptors (Lipinski definition) is 2. The molecule has 0 amide bonds. The van der Waals surface area contributed by atoms with Gasteiger partial charge in [-0.3, -0.25) is 0 Å². The van der Waals surface area contributed by atoms with Crippen molar-refractivity contribution in [3.05, 3.63) is 0 Å². The van der Waals surface area contributed by atoms with Gasteiger partial charge in [-0.25, -0.2) is 0 Å². The summed E-state index contributed by atoms with van der Waals surface area (Å²) in [5, 5.41) is 4.03. The highest BCUT2D eigenvalue weighted by atomic mass is 16.5. The first-order chi connectivity index (χ1) is 8.43. The van der Waals surface area contributed by atoms with E-state index >= 15 is 0 Å². The van der Waals surface area contributed by atoms with Gasteiger partial charge in [0, 0.05) is 30.0 Å². The van der Waals surface area contributed by atoms with Crippen molar-refractivity contribution in [2.75, 3.05) is 6.61 Å². The second-order valence-corrected chi connectivity index (χ2v) is 8.00. The van der Waals surface area contributed by atoms with Crippen LogP contribution in [-0.2, 0) is 4.74 Å². The van der Waals surface area contributed by atoms with Crippen LogP contribution in [0.3, 0.4) is 0 Å². The molecule has 0 radical (unpaired) electrons. The van der Waals surface area contributed by atoms with Crippen LogP contribution >= 0.6 is 0 Å². The summed E-state index contributed by atoms with van der Waals surface area (Å²) in [6.07, 6.45) is 7.33. The van der Waals surface area contributed by atoms with E-state index in [1.807, 2.05) is 0 Å². The average molecular weight is 251 g/mol. The van der Waals surface area contributed by atoms with Crippen LogP contribution in [0.15, 0.2) is 0 Å². The molecule has 4 atom stereocenters. The lowest BCUT2D eigenvalue weighted by Crippen LogP contribution is -2.68. The molecule has 4 unspecified atom stereocenters. The largest absolute Gasteiger partial charge is 0.377 e. The smallest absolute Gasteiger partial charge is 0.0685 e. The van der Waals surface area contributed by atoms with Crippen molar-refractivity contribution < 1.29 is 4.74 Å². The van der Waals surface area contributed by atoms with Gasteiger partial charge in [-0.15, -0.1) is 0 Å². The third-order valence-corrected chi connectivity index (χ3v) is 5.99. The second kappa shape index (κ2) is 4.21. The van der Waals surface area contributed by atoms with Gasteiger partial charge in [0.15, 0.2) is 0 Å². The Morgan fingerprint density at radius 2 is 1.83 bits per heavy atom. The maximum absolute atomic E-state index is 5.90. The minimum Gasteiger partial charge on any atom is -0.377 e. The van der Waals surface area contributed by atoms with Crippen LogP contribution in [0.5, 0.6) is 0 Å². The van der Waals surface area contributed by atoms with Gasteiger partial charge in [0.1, 0.15) is 0 Å². The molecule has 2 heteroatoms. The number of ether oxygens (including phenoxy) is 1. The van der Waals surface area contributed by atoms with Crippen molar-refractivity contribution in [2.45, 2.75) is 78.0 Å². The Labute approximate surface area is 112 Å². The molecule has 3 fully saturated rings. The highest BCUT2D eigenvalue weighted by Crippen LogP contribution is 2.53. The van der Waals surface area contributed by atoms with Crippen LogP contribution in [0.1, 0.15) is 59.8 Å². The molecule has 1 aliphatic heterocycles. The summed E-state index contributed by atoms with van der Waals surface area (Å²) in [5.74, 6) is 0.776. The van der Waals surface area contributed by atoms with Crippen LogP contribution < -0.4 is 5.32 Å². The Hall–Kier alpha value is -0.0800. The van der Waals surface area contributed by atoms with Gasteiger partial charge in [0.05, 0.1) is 6.10 Å². The van der Waals surface area contributed by atoms with E-state index in [4.69, 9.17) is 4.74 Å². The fourth-order valence-corrected chi connectivity index (χ4v) is 4.68. The van der Waals surface area contributed by atoms with Crippen molar-refractivity contribution in [3.63, 3.8) is 0 Å². The van der Waals surface area contributed by atoms with Gasteiger partial charge < -0.3 is 10.1 Å². The van der Waals surface area contributed by atoms with E-state index in [0.717, 1.165) is 12.5 Å². The molecule has 1 saturated heterocycles. The van der Waals surface area contributed by atoms with Crippen molar-refractivity contribution in [3.8, 4) is 0 Å². The normalized spacial score (nSPS) is 45.3. The first-order valence-corrected chi connectivity index (χ1v) is 7.80.